The molecule has 1 N–H and O–H groups in total. The lowest BCUT2D eigenvalue weighted by Crippen LogP contribution is -2.46. The van der Waals surface area contributed by atoms with Gasteiger partial charge in [-0.25, -0.2) is 0 Å². The van der Waals surface area contributed by atoms with Gasteiger partial charge in [0.15, 0.2) is 0 Å². The Morgan fingerprint density at radius 1 is 0.613 bits per heavy atom. The maximum absolute atomic E-state index is 11.9. The summed E-state index contributed by atoms with van der Waals surface area (Å²) in [7, 11) is 0. The number of amides is 1. The first-order valence-corrected chi connectivity index (χ1v) is 24.2. The van der Waals surface area contributed by atoms with Crippen molar-refractivity contribution in [2.75, 3.05) is 112 Å². The maximum Gasteiger partial charge on any atom is 0.223 e. The van der Waals surface area contributed by atoms with E-state index < -0.39 is 0 Å². The zero-order valence-corrected chi connectivity index (χ0v) is 38.5. The molecule has 1 amide bonds. The van der Waals surface area contributed by atoms with Crippen LogP contribution in [0.3, 0.4) is 0 Å². The molecule has 0 saturated carbocycles. The second kappa shape index (κ2) is 21.2. The van der Waals surface area contributed by atoms with Crippen molar-refractivity contribution in [3.63, 3.8) is 0 Å². The summed E-state index contributed by atoms with van der Waals surface area (Å²) in [4.78, 5) is 24.0. The fourth-order valence-electron chi connectivity index (χ4n) is 9.39. The number of thiophene rings is 2. The monoisotopic (exact) mass is 892 g/mol. The van der Waals surface area contributed by atoms with Gasteiger partial charge in [0, 0.05) is 135 Å². The number of nitrogens with zero attached hydrogens (tertiary/aromatic N) is 5. The Labute approximate surface area is 381 Å². The average molecular weight is 894 g/mol. The number of hydrogen-bond donors (Lipinski definition) is 1. The standard InChI is InChI=1S/C26H31N3O2S.C24H29N3OS.ClH/c1-20(30)29-12-3-5-21-8-9-22(19-25(21)29)31-17-4-11-27-13-15-28(16-14-27)24-6-2-7-26-23(24)10-18-32-26;1-5-23(21-9-17-29-24(21)6-1)27-14-12-26(13-15-27)11-3-16-28-20-8-7-19-4-2-10-25-22(19)18-20;/h2,6-10,18-19H,3-5,11-17H2,1H3;1,5-9,17-18,25H,2-4,10-16H2;1H. The number of ether oxygens (including phenoxy) is 2. The molecule has 4 aliphatic rings. The van der Waals surface area contributed by atoms with Crippen molar-refractivity contribution >= 4 is 83.9 Å². The summed E-state index contributed by atoms with van der Waals surface area (Å²) < 4.78 is 14.8. The topological polar surface area (TPSA) is 63.8 Å². The third-order valence-corrected chi connectivity index (χ3v) is 14.5. The number of benzene rings is 4. The molecular weight excluding hydrogens is 832 g/mol. The molecule has 12 heteroatoms. The third kappa shape index (κ3) is 10.6. The SMILES string of the molecule is CC(=O)N1CCCc2ccc(OCCCN3CCN(c4cccc5sccc45)CC3)cc21.Cl.c1cc(N2CCN(CCCOc3ccc4c(c3)NCCC4)CC2)c2ccsc2c1. The lowest BCUT2D eigenvalue weighted by atomic mass is 10.0. The molecule has 0 unspecified atom stereocenters. The van der Waals surface area contributed by atoms with Crippen molar-refractivity contribution < 1.29 is 14.3 Å². The molecule has 328 valence electrons. The predicted molar refractivity (Wildman–Crippen MR) is 264 cm³/mol. The molecule has 0 aliphatic carbocycles. The van der Waals surface area contributed by atoms with Crippen molar-refractivity contribution in [1.29, 1.82) is 0 Å². The summed E-state index contributed by atoms with van der Waals surface area (Å²) in [5.74, 6) is 1.97. The molecule has 4 aromatic carbocycles. The molecule has 0 bridgehead atoms. The molecule has 6 aromatic rings. The number of halogens is 1. The van der Waals surface area contributed by atoms with E-state index in [4.69, 9.17) is 9.47 Å². The Hall–Kier alpha value is -4.52. The largest absolute Gasteiger partial charge is 0.493 e. The highest BCUT2D eigenvalue weighted by atomic mass is 35.5. The van der Waals surface area contributed by atoms with E-state index in [1.807, 2.05) is 39.7 Å². The Morgan fingerprint density at radius 3 is 1.74 bits per heavy atom. The van der Waals surface area contributed by atoms with Crippen LogP contribution in [0, 0.1) is 0 Å². The van der Waals surface area contributed by atoms with Crippen LogP contribution in [-0.2, 0) is 17.6 Å². The van der Waals surface area contributed by atoms with E-state index in [0.717, 1.165) is 128 Å². The van der Waals surface area contributed by atoms with Gasteiger partial charge in [-0.2, -0.15) is 0 Å². The summed E-state index contributed by atoms with van der Waals surface area (Å²) in [6, 6.07) is 30.5. The van der Waals surface area contributed by atoms with Crippen LogP contribution in [-0.4, -0.2) is 107 Å². The number of aryl methyl sites for hydroxylation is 2. The number of nitrogens with one attached hydrogen (secondary N) is 1. The van der Waals surface area contributed by atoms with E-state index in [1.54, 1.807) is 6.92 Å². The van der Waals surface area contributed by atoms with Gasteiger partial charge in [-0.3, -0.25) is 14.6 Å². The van der Waals surface area contributed by atoms with Gasteiger partial charge in [-0.05, 0) is 109 Å². The van der Waals surface area contributed by atoms with Crippen LogP contribution in [0.4, 0.5) is 22.7 Å². The number of rotatable bonds is 12. The van der Waals surface area contributed by atoms with Crippen molar-refractivity contribution in [3.8, 4) is 11.5 Å². The molecule has 2 aromatic heterocycles. The summed E-state index contributed by atoms with van der Waals surface area (Å²) in [6.07, 6.45) is 6.55. The summed E-state index contributed by atoms with van der Waals surface area (Å²) in [5.41, 5.74) is 7.71. The highest BCUT2D eigenvalue weighted by molar-refractivity contribution is 7.17. The second-order valence-corrected chi connectivity index (χ2v) is 18.6. The van der Waals surface area contributed by atoms with E-state index >= 15 is 0 Å². The van der Waals surface area contributed by atoms with Gasteiger partial charge in [0.1, 0.15) is 11.5 Å². The number of anilines is 4. The molecule has 9 nitrogen and oxygen atoms in total. The highest BCUT2D eigenvalue weighted by Gasteiger charge is 2.22. The van der Waals surface area contributed by atoms with Crippen LogP contribution in [0.5, 0.6) is 11.5 Å². The van der Waals surface area contributed by atoms with Crippen molar-refractivity contribution in [2.45, 2.75) is 45.4 Å². The first-order chi connectivity index (χ1) is 30.1. The van der Waals surface area contributed by atoms with Crippen LogP contribution in [0.2, 0.25) is 0 Å². The Kier molecular flexibility index (Phi) is 15.1. The lowest BCUT2D eigenvalue weighted by molar-refractivity contribution is -0.116. The number of piperazine rings is 2. The fourth-order valence-corrected chi connectivity index (χ4v) is 11.0. The van der Waals surface area contributed by atoms with Crippen LogP contribution in [0.15, 0.2) is 95.7 Å². The fraction of sp³-hybridized carbons (Fsp3) is 0.420. The highest BCUT2D eigenvalue weighted by Crippen LogP contribution is 2.34. The smallest absolute Gasteiger partial charge is 0.223 e. The second-order valence-electron chi connectivity index (χ2n) is 16.7. The van der Waals surface area contributed by atoms with Crippen LogP contribution in [0.25, 0.3) is 20.2 Å². The zero-order valence-electron chi connectivity index (χ0n) is 36.1. The zero-order chi connectivity index (χ0) is 41.4. The Bertz CT molecular complexity index is 2390. The number of hydrogen-bond acceptors (Lipinski definition) is 10. The minimum absolute atomic E-state index is 0. The third-order valence-electron chi connectivity index (χ3n) is 12.7. The molecule has 0 spiro atoms. The van der Waals surface area contributed by atoms with Crippen molar-refractivity contribution in [2.24, 2.45) is 0 Å². The van der Waals surface area contributed by atoms with E-state index in [1.165, 1.54) is 61.2 Å². The molecule has 62 heavy (non-hydrogen) atoms. The summed E-state index contributed by atoms with van der Waals surface area (Å²) in [6.45, 7) is 16.0. The van der Waals surface area contributed by atoms with Crippen LogP contribution >= 0.6 is 35.1 Å². The van der Waals surface area contributed by atoms with Crippen molar-refractivity contribution in [3.05, 3.63) is 107 Å². The van der Waals surface area contributed by atoms with Gasteiger partial charge in [0.2, 0.25) is 5.91 Å². The number of carbonyl (C=O) groups is 1. The molecule has 0 atom stereocenters. The van der Waals surface area contributed by atoms with E-state index in [9.17, 15) is 4.79 Å². The average Bonchev–Trinajstić information content (AvgIpc) is 4.00. The van der Waals surface area contributed by atoms with Gasteiger partial charge in [-0.15, -0.1) is 35.1 Å². The first kappa shape index (κ1) is 44.1. The molecule has 6 heterocycles. The van der Waals surface area contributed by atoms with Gasteiger partial charge in [-0.1, -0.05) is 24.3 Å². The van der Waals surface area contributed by atoms with Gasteiger partial charge in [0.25, 0.3) is 0 Å². The Morgan fingerprint density at radius 2 is 1.16 bits per heavy atom. The molecule has 0 radical (unpaired) electrons. The minimum atomic E-state index is 0. The molecular formula is C50H61ClN6O3S2. The molecule has 2 fully saturated rings. The van der Waals surface area contributed by atoms with Crippen LogP contribution in [0.1, 0.15) is 43.7 Å². The van der Waals surface area contributed by atoms with Crippen LogP contribution < -0.4 is 29.5 Å². The van der Waals surface area contributed by atoms with E-state index in [2.05, 4.69) is 108 Å². The van der Waals surface area contributed by atoms with Gasteiger partial charge >= 0.3 is 0 Å². The quantitative estimate of drug-likeness (QED) is 0.122. The molecule has 10 rings (SSSR count). The first-order valence-electron chi connectivity index (χ1n) is 22.5. The Balaban J connectivity index is 0.000000169. The summed E-state index contributed by atoms with van der Waals surface area (Å²) >= 11 is 3.65. The normalized spacial score (nSPS) is 16.8. The predicted octanol–water partition coefficient (Wildman–Crippen LogP) is 10.1. The van der Waals surface area contributed by atoms with Gasteiger partial charge < -0.3 is 29.5 Å². The summed E-state index contributed by atoms with van der Waals surface area (Å²) in [5, 5.41) is 10.6. The lowest BCUT2D eigenvalue weighted by Gasteiger charge is -2.36. The number of fused-ring (bicyclic) bond motifs is 4. The van der Waals surface area contributed by atoms with Crippen molar-refractivity contribution in [1.82, 2.24) is 9.80 Å². The number of carbonyl (C=O) groups excluding carboxylic acids is 1. The van der Waals surface area contributed by atoms with E-state index in [-0.39, 0.29) is 18.3 Å². The maximum atomic E-state index is 11.9. The molecule has 4 aliphatic heterocycles. The molecule has 2 saturated heterocycles. The van der Waals surface area contributed by atoms with Gasteiger partial charge in [0.05, 0.1) is 18.9 Å². The van der Waals surface area contributed by atoms with E-state index in [0.29, 0.717) is 6.61 Å². The minimum Gasteiger partial charge on any atom is -0.493 e.